The van der Waals surface area contributed by atoms with Crippen LogP contribution in [0.3, 0.4) is 0 Å². The number of fused-ring (bicyclic) bond motifs is 1. The first-order chi connectivity index (χ1) is 15.4. The van der Waals surface area contributed by atoms with E-state index in [4.69, 9.17) is 9.47 Å². The van der Waals surface area contributed by atoms with Crippen molar-refractivity contribution in [3.05, 3.63) is 70.3 Å². The lowest BCUT2D eigenvalue weighted by Gasteiger charge is -2.38. The van der Waals surface area contributed by atoms with Crippen LogP contribution in [0.5, 0.6) is 11.5 Å². The molecule has 1 saturated heterocycles. The number of carbonyl (C=O) groups excluding carboxylic acids is 1. The van der Waals surface area contributed by atoms with Crippen LogP contribution in [0.25, 0.3) is 0 Å². The van der Waals surface area contributed by atoms with Gasteiger partial charge in [-0.15, -0.1) is 11.8 Å². The summed E-state index contributed by atoms with van der Waals surface area (Å²) >= 11 is 1.35. The van der Waals surface area contributed by atoms with Gasteiger partial charge in [0.15, 0.2) is 5.72 Å². The Hall–Kier alpha value is -2.95. The topological polar surface area (TPSA) is 82.8 Å². The summed E-state index contributed by atoms with van der Waals surface area (Å²) in [6.07, 6.45) is 0.189. The van der Waals surface area contributed by atoms with Gasteiger partial charge in [-0.3, -0.25) is 9.69 Å². The molecule has 0 aromatic heterocycles. The molecule has 1 fully saturated rings. The van der Waals surface area contributed by atoms with Gasteiger partial charge in [-0.05, 0) is 50.6 Å². The third-order valence-corrected chi connectivity index (χ3v) is 6.82. The minimum atomic E-state index is -1.50. The van der Waals surface area contributed by atoms with E-state index < -0.39 is 5.72 Å². The van der Waals surface area contributed by atoms with Crippen molar-refractivity contribution in [1.82, 2.24) is 4.90 Å². The second-order valence-corrected chi connectivity index (χ2v) is 9.08. The van der Waals surface area contributed by atoms with E-state index in [2.05, 4.69) is 6.07 Å². The molecule has 0 unspecified atom stereocenters. The molecule has 0 spiro atoms. The standard InChI is InChI=1S/C25H26N2O4S/c1-4-30-19-11-7-18(8-12-19)25(29)15-32-24-22(14-26)21(13-23(28)27(24)25)17-5-9-20(10-6-17)31-16(2)3/h5-12,16,21,29H,4,13,15H2,1-3H3/t21-,25+/m1/s1. The summed E-state index contributed by atoms with van der Waals surface area (Å²) in [6.45, 7) is 6.38. The van der Waals surface area contributed by atoms with Crippen LogP contribution in [0.4, 0.5) is 0 Å². The quantitative estimate of drug-likeness (QED) is 0.697. The van der Waals surface area contributed by atoms with Crippen molar-refractivity contribution in [3.63, 3.8) is 0 Å². The molecule has 2 heterocycles. The smallest absolute Gasteiger partial charge is 0.231 e. The van der Waals surface area contributed by atoms with E-state index in [1.165, 1.54) is 16.7 Å². The molecule has 0 radical (unpaired) electrons. The number of rotatable bonds is 6. The van der Waals surface area contributed by atoms with E-state index in [0.717, 1.165) is 11.3 Å². The molecule has 7 heteroatoms. The van der Waals surface area contributed by atoms with Gasteiger partial charge in [0.05, 0.1) is 35.1 Å². The summed E-state index contributed by atoms with van der Waals surface area (Å²) in [7, 11) is 0. The van der Waals surface area contributed by atoms with Crippen LogP contribution in [0.2, 0.25) is 0 Å². The van der Waals surface area contributed by atoms with Gasteiger partial charge in [0.2, 0.25) is 5.91 Å². The normalized spacial score (nSPS) is 22.7. The first-order valence-corrected chi connectivity index (χ1v) is 11.7. The maximum Gasteiger partial charge on any atom is 0.231 e. The summed E-state index contributed by atoms with van der Waals surface area (Å²) in [5.41, 5.74) is 0.496. The average Bonchev–Trinajstić information content (AvgIpc) is 3.14. The van der Waals surface area contributed by atoms with Crippen molar-refractivity contribution >= 4 is 17.7 Å². The summed E-state index contributed by atoms with van der Waals surface area (Å²) in [5, 5.41) is 22.0. The molecule has 0 bridgehead atoms. The van der Waals surface area contributed by atoms with Crippen LogP contribution < -0.4 is 9.47 Å². The van der Waals surface area contributed by atoms with Gasteiger partial charge in [-0.25, -0.2) is 0 Å². The van der Waals surface area contributed by atoms with Crippen molar-refractivity contribution in [2.24, 2.45) is 0 Å². The van der Waals surface area contributed by atoms with Crippen LogP contribution in [0.15, 0.2) is 59.1 Å². The summed E-state index contributed by atoms with van der Waals surface area (Å²) in [4.78, 5) is 14.7. The minimum Gasteiger partial charge on any atom is -0.494 e. The Kier molecular flexibility index (Phi) is 6.18. The van der Waals surface area contributed by atoms with Crippen LogP contribution in [-0.2, 0) is 10.5 Å². The minimum absolute atomic E-state index is 0.0672. The van der Waals surface area contributed by atoms with Crippen molar-refractivity contribution in [2.75, 3.05) is 12.4 Å². The lowest BCUT2D eigenvalue weighted by Crippen LogP contribution is -2.48. The Labute approximate surface area is 192 Å². The maximum absolute atomic E-state index is 13.3. The van der Waals surface area contributed by atoms with Gasteiger partial charge in [0, 0.05) is 17.9 Å². The number of aliphatic hydroxyl groups is 1. The van der Waals surface area contributed by atoms with E-state index in [1.54, 1.807) is 24.3 Å². The molecule has 1 N–H and O–H groups in total. The van der Waals surface area contributed by atoms with Crippen LogP contribution in [0, 0.1) is 11.3 Å². The number of nitriles is 1. The van der Waals surface area contributed by atoms with E-state index in [-0.39, 0.29) is 30.1 Å². The third kappa shape index (κ3) is 3.96. The van der Waals surface area contributed by atoms with Crippen LogP contribution in [-0.4, -0.2) is 34.4 Å². The molecule has 2 aliphatic rings. The molecule has 2 aliphatic heterocycles. The Bertz CT molecular complexity index is 1070. The highest BCUT2D eigenvalue weighted by Gasteiger charge is 2.51. The number of nitrogens with zero attached hydrogens (tertiary/aromatic N) is 2. The zero-order chi connectivity index (χ0) is 22.9. The molecule has 1 amide bonds. The zero-order valence-electron chi connectivity index (χ0n) is 18.4. The third-order valence-electron chi connectivity index (χ3n) is 5.59. The molecule has 4 rings (SSSR count). The molecule has 6 nitrogen and oxygen atoms in total. The Morgan fingerprint density at radius 2 is 1.84 bits per heavy atom. The number of ether oxygens (including phenoxy) is 2. The maximum atomic E-state index is 13.3. The van der Waals surface area contributed by atoms with Gasteiger partial charge < -0.3 is 14.6 Å². The summed E-state index contributed by atoms with van der Waals surface area (Å²) < 4.78 is 11.2. The molecule has 0 saturated carbocycles. The van der Waals surface area contributed by atoms with Gasteiger partial charge >= 0.3 is 0 Å². The SMILES string of the molecule is CCOc1ccc([C@@]2(O)CSC3=C(C#N)[C@@H](c4ccc(OC(C)C)cc4)CC(=O)N32)cc1. The number of thioether (sulfide) groups is 1. The predicted octanol–water partition coefficient (Wildman–Crippen LogP) is 4.52. The number of hydrogen-bond donors (Lipinski definition) is 1. The number of amides is 1. The van der Waals surface area contributed by atoms with Gasteiger partial charge in [-0.1, -0.05) is 24.3 Å². The van der Waals surface area contributed by atoms with Gasteiger partial charge in [-0.2, -0.15) is 5.26 Å². The lowest BCUT2D eigenvalue weighted by atomic mass is 9.85. The van der Waals surface area contributed by atoms with Gasteiger partial charge in [0.25, 0.3) is 0 Å². The van der Waals surface area contributed by atoms with E-state index in [9.17, 15) is 15.2 Å². The molecule has 2 atom stereocenters. The highest BCUT2D eigenvalue weighted by Crippen LogP contribution is 2.51. The Morgan fingerprint density at radius 3 is 2.44 bits per heavy atom. The van der Waals surface area contributed by atoms with Crippen molar-refractivity contribution in [3.8, 4) is 17.6 Å². The fourth-order valence-corrected chi connectivity index (χ4v) is 5.52. The zero-order valence-corrected chi connectivity index (χ0v) is 19.2. The van der Waals surface area contributed by atoms with Crippen molar-refractivity contribution < 1.29 is 19.4 Å². The molecule has 166 valence electrons. The number of benzene rings is 2. The molecule has 0 aliphatic carbocycles. The predicted molar refractivity (Wildman–Crippen MR) is 123 cm³/mol. The second kappa shape index (κ2) is 8.89. The van der Waals surface area contributed by atoms with Crippen molar-refractivity contribution in [1.29, 1.82) is 5.26 Å². The van der Waals surface area contributed by atoms with Gasteiger partial charge in [0.1, 0.15) is 11.5 Å². The van der Waals surface area contributed by atoms with Crippen molar-refractivity contribution in [2.45, 2.75) is 44.9 Å². The molecular formula is C25H26N2O4S. The molecule has 32 heavy (non-hydrogen) atoms. The van der Waals surface area contributed by atoms with E-state index >= 15 is 0 Å². The molecule has 2 aromatic rings. The molecular weight excluding hydrogens is 424 g/mol. The fraction of sp³-hybridized carbons (Fsp3) is 0.360. The van der Waals surface area contributed by atoms with E-state index in [0.29, 0.717) is 28.5 Å². The van der Waals surface area contributed by atoms with E-state index in [1.807, 2.05) is 45.0 Å². The highest BCUT2D eigenvalue weighted by atomic mass is 32.2. The number of allylic oxidation sites excluding steroid dienone is 1. The highest BCUT2D eigenvalue weighted by molar-refractivity contribution is 8.03. The summed E-state index contributed by atoms with van der Waals surface area (Å²) in [5.74, 6) is 1.17. The number of carbonyl (C=O) groups is 1. The number of hydrogen-bond acceptors (Lipinski definition) is 6. The average molecular weight is 451 g/mol. The lowest BCUT2D eigenvalue weighted by molar-refractivity contribution is -0.149. The molecule has 2 aromatic carbocycles. The monoisotopic (exact) mass is 450 g/mol. The Balaban J connectivity index is 1.67. The first kappa shape index (κ1) is 22.3. The fourth-order valence-electron chi connectivity index (χ4n) is 4.16. The first-order valence-electron chi connectivity index (χ1n) is 10.7. The Morgan fingerprint density at radius 1 is 1.19 bits per heavy atom. The van der Waals surface area contributed by atoms with Crippen LogP contribution in [0.1, 0.15) is 44.2 Å². The largest absolute Gasteiger partial charge is 0.494 e. The van der Waals surface area contributed by atoms with Crippen LogP contribution >= 0.6 is 11.8 Å². The summed E-state index contributed by atoms with van der Waals surface area (Å²) in [6, 6.07) is 17.0. The second-order valence-electron chi connectivity index (χ2n) is 8.11.